The predicted octanol–water partition coefficient (Wildman–Crippen LogP) is 5.31. The number of hydrogen-bond donors (Lipinski definition) is 0. The van der Waals surface area contributed by atoms with E-state index in [0.717, 1.165) is 40.3 Å². The van der Waals surface area contributed by atoms with Gasteiger partial charge < -0.3 is 14.0 Å². The van der Waals surface area contributed by atoms with E-state index in [9.17, 15) is 0 Å². The number of benzene rings is 2. The Balaban J connectivity index is 1.78. The summed E-state index contributed by atoms with van der Waals surface area (Å²) in [4.78, 5) is 8.85. The maximum absolute atomic E-state index is 6.01. The number of para-hydroxylation sites is 1. The molecule has 0 aliphatic rings. The lowest BCUT2D eigenvalue weighted by molar-refractivity contribution is 0.340. The van der Waals surface area contributed by atoms with Gasteiger partial charge in [0.2, 0.25) is 5.88 Å². The summed E-state index contributed by atoms with van der Waals surface area (Å²) in [6, 6.07) is 19.9. The molecule has 2 heterocycles. The summed E-state index contributed by atoms with van der Waals surface area (Å²) < 4.78 is 13.7. The van der Waals surface area contributed by atoms with Gasteiger partial charge in [-0.25, -0.2) is 9.97 Å². The van der Waals surface area contributed by atoms with E-state index in [1.165, 1.54) is 0 Å². The van der Waals surface area contributed by atoms with E-state index >= 15 is 0 Å². The summed E-state index contributed by atoms with van der Waals surface area (Å²) in [5.74, 6) is 2.18. The highest BCUT2D eigenvalue weighted by atomic mass is 16.5. The number of ether oxygens (including phenoxy) is 2. The number of fused-ring (bicyclic) bond motifs is 1. The van der Waals surface area contributed by atoms with Crippen molar-refractivity contribution in [2.75, 3.05) is 6.61 Å². The monoisotopic (exact) mass is 359 g/mol. The van der Waals surface area contributed by atoms with Crippen molar-refractivity contribution < 1.29 is 9.47 Å². The van der Waals surface area contributed by atoms with Gasteiger partial charge in [-0.15, -0.1) is 0 Å². The molecule has 0 N–H and O–H groups in total. The lowest BCUT2D eigenvalue weighted by Gasteiger charge is -2.09. The fourth-order valence-electron chi connectivity index (χ4n) is 3.17. The Labute approximate surface area is 158 Å². The third-order valence-corrected chi connectivity index (χ3v) is 4.39. The van der Waals surface area contributed by atoms with Gasteiger partial charge in [0.15, 0.2) is 0 Å². The first-order chi connectivity index (χ1) is 13.3. The molecule has 0 spiro atoms. The molecule has 0 saturated carbocycles. The lowest BCUT2D eigenvalue weighted by atomic mass is 10.1. The van der Waals surface area contributed by atoms with Crippen LogP contribution in [0.25, 0.3) is 22.3 Å². The molecule has 136 valence electrons. The average Bonchev–Trinajstić information content (AvgIpc) is 3.09. The number of aryl methyl sites for hydroxylation is 1. The molecular weight excluding hydrogens is 338 g/mol. The van der Waals surface area contributed by atoms with Crippen molar-refractivity contribution in [3.63, 3.8) is 0 Å². The molecule has 0 unspecified atom stereocenters. The molecule has 0 amide bonds. The highest BCUT2D eigenvalue weighted by molar-refractivity contribution is 5.88. The highest BCUT2D eigenvalue weighted by Gasteiger charge is 2.15. The molecule has 0 saturated heterocycles. The van der Waals surface area contributed by atoms with Gasteiger partial charge in [-0.3, -0.25) is 0 Å². The molecule has 5 nitrogen and oxygen atoms in total. The summed E-state index contributed by atoms with van der Waals surface area (Å²) >= 11 is 0. The first kappa shape index (κ1) is 17.1. The largest absolute Gasteiger partial charge is 0.494 e. The summed E-state index contributed by atoms with van der Waals surface area (Å²) in [6.07, 6.45) is 1.55. The Bertz CT molecular complexity index is 1040. The minimum Gasteiger partial charge on any atom is -0.494 e. The van der Waals surface area contributed by atoms with Gasteiger partial charge in [-0.05, 0) is 61.9 Å². The van der Waals surface area contributed by atoms with Crippen LogP contribution < -0.4 is 9.47 Å². The predicted molar refractivity (Wildman–Crippen MR) is 106 cm³/mol. The molecular formula is C22H21N3O2. The number of rotatable bonds is 6. The number of nitrogens with zero attached hydrogens (tertiary/aromatic N) is 3. The van der Waals surface area contributed by atoms with Crippen molar-refractivity contribution in [3.8, 4) is 28.6 Å². The maximum Gasteiger partial charge on any atom is 0.231 e. The van der Waals surface area contributed by atoms with Crippen molar-refractivity contribution in [2.45, 2.75) is 20.4 Å². The van der Waals surface area contributed by atoms with Crippen LogP contribution in [0.3, 0.4) is 0 Å². The minimum atomic E-state index is 0.561. The van der Waals surface area contributed by atoms with Gasteiger partial charge in [0.1, 0.15) is 23.5 Å². The van der Waals surface area contributed by atoms with E-state index in [0.29, 0.717) is 12.5 Å². The zero-order chi connectivity index (χ0) is 18.6. The van der Waals surface area contributed by atoms with Crippen molar-refractivity contribution in [3.05, 3.63) is 67.0 Å². The molecule has 0 radical (unpaired) electrons. The third-order valence-electron chi connectivity index (χ3n) is 4.39. The molecule has 0 atom stereocenters. The molecule has 4 rings (SSSR count). The van der Waals surface area contributed by atoms with Crippen molar-refractivity contribution >= 4 is 11.0 Å². The van der Waals surface area contributed by atoms with Crippen LogP contribution in [0.1, 0.15) is 13.8 Å². The first-order valence-electron chi connectivity index (χ1n) is 9.10. The second-order valence-electron chi connectivity index (χ2n) is 6.06. The summed E-state index contributed by atoms with van der Waals surface area (Å²) in [5, 5.41) is 0.895. The molecule has 0 fully saturated rings. The Morgan fingerprint density at radius 3 is 2.37 bits per heavy atom. The average molecular weight is 359 g/mol. The molecule has 0 aliphatic carbocycles. The third kappa shape index (κ3) is 3.36. The van der Waals surface area contributed by atoms with Gasteiger partial charge >= 0.3 is 0 Å². The van der Waals surface area contributed by atoms with Crippen molar-refractivity contribution in [1.29, 1.82) is 0 Å². The second-order valence-corrected chi connectivity index (χ2v) is 6.06. The van der Waals surface area contributed by atoms with Crippen molar-refractivity contribution in [2.24, 2.45) is 0 Å². The summed E-state index contributed by atoms with van der Waals surface area (Å²) in [5.41, 5.74) is 3.04. The maximum atomic E-state index is 6.01. The molecule has 2 aromatic carbocycles. The van der Waals surface area contributed by atoms with E-state index in [2.05, 4.69) is 39.7 Å². The number of hydrogen-bond acceptors (Lipinski definition) is 4. The Morgan fingerprint density at radius 1 is 0.889 bits per heavy atom. The summed E-state index contributed by atoms with van der Waals surface area (Å²) in [6.45, 7) is 5.55. The highest BCUT2D eigenvalue weighted by Crippen LogP contribution is 2.33. The normalized spacial score (nSPS) is 10.9. The SMILES string of the molecule is CCOc1ccc(-c2cc3c(Oc4ccccc4)ncnc3n2CC)cc1. The lowest BCUT2D eigenvalue weighted by Crippen LogP contribution is -1.99. The van der Waals surface area contributed by atoms with Crippen LogP contribution in [0.2, 0.25) is 0 Å². The van der Waals surface area contributed by atoms with Gasteiger partial charge in [0, 0.05) is 6.54 Å². The molecule has 4 aromatic rings. The fraction of sp³-hybridized carbons (Fsp3) is 0.182. The Kier molecular flexibility index (Phi) is 4.75. The second kappa shape index (κ2) is 7.50. The van der Waals surface area contributed by atoms with Crippen LogP contribution in [0, 0.1) is 0 Å². The Morgan fingerprint density at radius 2 is 1.67 bits per heavy atom. The van der Waals surface area contributed by atoms with Gasteiger partial charge in [0.05, 0.1) is 17.7 Å². The van der Waals surface area contributed by atoms with Crippen LogP contribution in [0.15, 0.2) is 67.0 Å². The molecule has 5 heteroatoms. The first-order valence-corrected chi connectivity index (χ1v) is 9.10. The van der Waals surface area contributed by atoms with E-state index in [4.69, 9.17) is 9.47 Å². The van der Waals surface area contributed by atoms with Gasteiger partial charge in [0.25, 0.3) is 0 Å². The zero-order valence-corrected chi connectivity index (χ0v) is 15.4. The smallest absolute Gasteiger partial charge is 0.231 e. The van der Waals surface area contributed by atoms with Crippen LogP contribution in [-0.4, -0.2) is 21.1 Å². The Hall–Kier alpha value is -3.34. The van der Waals surface area contributed by atoms with Crippen LogP contribution in [0.4, 0.5) is 0 Å². The van der Waals surface area contributed by atoms with Gasteiger partial charge in [-0.1, -0.05) is 18.2 Å². The van der Waals surface area contributed by atoms with Crippen LogP contribution in [0.5, 0.6) is 17.4 Å². The molecule has 0 aliphatic heterocycles. The summed E-state index contributed by atoms with van der Waals surface area (Å²) in [7, 11) is 0. The van der Waals surface area contributed by atoms with Crippen molar-refractivity contribution in [1.82, 2.24) is 14.5 Å². The van der Waals surface area contributed by atoms with E-state index in [1.54, 1.807) is 6.33 Å². The van der Waals surface area contributed by atoms with Gasteiger partial charge in [-0.2, -0.15) is 0 Å². The quantitative estimate of drug-likeness (QED) is 0.468. The standard InChI is InChI=1S/C22H21N3O2/c1-3-25-20(16-10-12-17(13-11-16)26-4-2)14-19-21(25)23-15-24-22(19)27-18-8-6-5-7-9-18/h5-15H,3-4H2,1-2H3. The van der Waals surface area contributed by atoms with Crippen LogP contribution in [-0.2, 0) is 6.54 Å². The minimum absolute atomic E-state index is 0.561. The van der Waals surface area contributed by atoms with E-state index in [-0.39, 0.29) is 0 Å². The molecule has 2 aromatic heterocycles. The van der Waals surface area contributed by atoms with E-state index in [1.807, 2.05) is 49.4 Å². The van der Waals surface area contributed by atoms with E-state index < -0.39 is 0 Å². The molecule has 0 bridgehead atoms. The molecule has 27 heavy (non-hydrogen) atoms. The number of aromatic nitrogens is 3. The topological polar surface area (TPSA) is 49.2 Å². The fourth-order valence-corrected chi connectivity index (χ4v) is 3.17. The zero-order valence-electron chi connectivity index (χ0n) is 15.4. The van der Waals surface area contributed by atoms with Crippen LogP contribution >= 0.6 is 0 Å².